The van der Waals surface area contributed by atoms with Crippen LogP contribution in [0.5, 0.6) is 0 Å². The Morgan fingerprint density at radius 1 is 1.08 bits per heavy atom. The van der Waals surface area contributed by atoms with Gasteiger partial charge in [0.15, 0.2) is 0 Å². The summed E-state index contributed by atoms with van der Waals surface area (Å²) in [4.78, 5) is 71.4. The highest BCUT2D eigenvalue weighted by molar-refractivity contribution is 7.91. The molecule has 0 bridgehead atoms. The van der Waals surface area contributed by atoms with Gasteiger partial charge in [-0.1, -0.05) is 48.7 Å². The third kappa shape index (κ3) is 8.74. The van der Waals surface area contributed by atoms with Gasteiger partial charge in [0.2, 0.25) is 27.7 Å². The van der Waals surface area contributed by atoms with Gasteiger partial charge in [-0.3, -0.25) is 28.8 Å². The second-order valence-electron chi connectivity index (χ2n) is 15.5. The van der Waals surface area contributed by atoms with Crippen molar-refractivity contribution in [2.24, 2.45) is 5.92 Å². The largest absolute Gasteiger partial charge is 0.444 e. The van der Waals surface area contributed by atoms with E-state index >= 15 is 0 Å². The van der Waals surface area contributed by atoms with E-state index in [4.69, 9.17) is 21.1 Å². The number of fused-ring (bicyclic) bond motifs is 3. The number of hydrogen-bond donors (Lipinski definition) is 3. The van der Waals surface area contributed by atoms with Crippen molar-refractivity contribution in [1.82, 2.24) is 25.2 Å². The Bertz CT molecular complexity index is 1740. The Hall–Kier alpha value is -3.69. The van der Waals surface area contributed by atoms with E-state index in [0.717, 1.165) is 24.0 Å². The minimum absolute atomic E-state index is 0.0722. The number of rotatable bonds is 7. The van der Waals surface area contributed by atoms with Crippen LogP contribution < -0.4 is 15.4 Å². The zero-order valence-electron chi connectivity index (χ0n) is 29.8. The molecule has 1 aromatic rings. The van der Waals surface area contributed by atoms with E-state index in [9.17, 15) is 32.4 Å². The number of halogens is 1. The Balaban J connectivity index is 1.24. The summed E-state index contributed by atoms with van der Waals surface area (Å²) in [5.74, 6) is -2.97. The highest BCUT2D eigenvalue weighted by atomic mass is 35.5. The molecule has 3 fully saturated rings. The maximum absolute atomic E-state index is 14.3. The van der Waals surface area contributed by atoms with E-state index in [1.54, 1.807) is 6.07 Å². The number of carbonyl (C=O) groups excluding carboxylic acids is 5. The molecule has 0 unspecified atom stereocenters. The van der Waals surface area contributed by atoms with Crippen LogP contribution in [0, 0.1) is 5.92 Å². The quantitative estimate of drug-likeness (QED) is 0.352. The van der Waals surface area contributed by atoms with Crippen LogP contribution >= 0.6 is 11.6 Å². The number of ether oxygens (including phenoxy) is 2. The molecule has 5 aliphatic rings. The molecule has 16 heteroatoms. The number of hydrogen-bond acceptors (Lipinski definition) is 9. The molecule has 0 aromatic heterocycles. The first-order chi connectivity index (χ1) is 24.6. The van der Waals surface area contributed by atoms with Gasteiger partial charge in [-0.2, -0.15) is 0 Å². The molecule has 5 amide bonds. The monoisotopic (exact) mass is 761 g/mol. The normalized spacial score (nSPS) is 28.7. The van der Waals surface area contributed by atoms with E-state index in [1.165, 1.54) is 9.80 Å². The van der Waals surface area contributed by atoms with Crippen molar-refractivity contribution < 1.29 is 41.9 Å². The highest BCUT2D eigenvalue weighted by Gasteiger charge is 2.62. The van der Waals surface area contributed by atoms with Crippen LogP contribution in [0.3, 0.4) is 0 Å². The van der Waals surface area contributed by atoms with Crippen LogP contribution in [0.1, 0.15) is 89.7 Å². The predicted octanol–water partition coefficient (Wildman–Crippen LogP) is 3.07. The first-order valence-corrected chi connectivity index (χ1v) is 20.0. The summed E-state index contributed by atoms with van der Waals surface area (Å²) in [7, 11) is -3.90. The number of sulfonamides is 1. The van der Waals surface area contributed by atoms with Crippen molar-refractivity contribution in [3.63, 3.8) is 0 Å². The highest BCUT2D eigenvalue weighted by Crippen LogP contribution is 2.46. The van der Waals surface area contributed by atoms with E-state index in [1.807, 2.05) is 45.1 Å². The van der Waals surface area contributed by atoms with Gasteiger partial charge in [0, 0.05) is 23.9 Å². The topological polar surface area (TPSA) is 181 Å². The molecule has 284 valence electrons. The molecule has 3 aliphatic heterocycles. The van der Waals surface area contributed by atoms with Crippen LogP contribution in [-0.4, -0.2) is 95.7 Å². The summed E-state index contributed by atoms with van der Waals surface area (Å²) in [6, 6.07) is 3.27. The van der Waals surface area contributed by atoms with E-state index in [0.29, 0.717) is 37.1 Å². The second-order valence-corrected chi connectivity index (χ2v) is 17.9. The van der Waals surface area contributed by atoms with Crippen LogP contribution in [0.4, 0.5) is 4.79 Å². The fourth-order valence-electron chi connectivity index (χ4n) is 7.09. The summed E-state index contributed by atoms with van der Waals surface area (Å²) < 4.78 is 39.3. The standard InChI is InChI=1S/C36H48ClN5O9S/c1-35(2,3)50-21-30(43)38-28-13-8-6-4-5-7-11-23-17-36(23,33(46)40-52(48,49)25-14-15-25)39-31(44)29-16-24(19-42(29)32(28)45)51-34(47)41-18-22-10-9-12-27(37)26(22)20-41/h7,9-12,23-25,28-29H,4-6,8,13-21H2,1-3H3,(H,38,43)(H,39,44)(H,40,46)/b11-7-/t23-,24+,28-,29-,36+/m0/s1. The lowest BCUT2D eigenvalue weighted by Gasteiger charge is -2.30. The molecule has 1 aromatic carbocycles. The van der Waals surface area contributed by atoms with Gasteiger partial charge in [-0.15, -0.1) is 0 Å². The molecule has 6 rings (SSSR count). The zero-order chi connectivity index (χ0) is 37.4. The van der Waals surface area contributed by atoms with E-state index in [-0.39, 0.29) is 39.1 Å². The molecular weight excluding hydrogens is 714 g/mol. The molecule has 2 saturated carbocycles. The third-order valence-corrected chi connectivity index (χ3v) is 12.4. The molecule has 0 spiro atoms. The fraction of sp³-hybridized carbons (Fsp3) is 0.639. The molecule has 1 saturated heterocycles. The molecule has 2 aliphatic carbocycles. The Morgan fingerprint density at radius 3 is 2.56 bits per heavy atom. The first kappa shape index (κ1) is 38.0. The van der Waals surface area contributed by atoms with Crippen molar-refractivity contribution in [3.8, 4) is 0 Å². The van der Waals surface area contributed by atoms with Crippen LogP contribution in [0.2, 0.25) is 5.02 Å². The Morgan fingerprint density at radius 2 is 1.85 bits per heavy atom. The lowest BCUT2D eigenvalue weighted by Crippen LogP contribution is -2.58. The number of nitrogens with zero attached hydrogens (tertiary/aromatic N) is 2. The SMILES string of the molecule is CC(C)(C)OCC(=O)N[C@H]1CCCCC/C=C\[C@H]2C[C@@]2(C(=O)NS(=O)(=O)C2CC2)NC(=O)[C@@H]2C[C@@H](OC(=O)N3Cc4cccc(Cl)c4C3)CN2C1=O. The number of amides is 5. The van der Waals surface area contributed by atoms with Crippen LogP contribution in [0.25, 0.3) is 0 Å². The zero-order valence-corrected chi connectivity index (χ0v) is 31.4. The maximum atomic E-state index is 14.3. The summed E-state index contributed by atoms with van der Waals surface area (Å²) >= 11 is 6.36. The van der Waals surface area contributed by atoms with Gasteiger partial charge in [0.05, 0.1) is 23.9 Å². The lowest BCUT2D eigenvalue weighted by atomic mass is 10.0. The van der Waals surface area contributed by atoms with Gasteiger partial charge in [-0.05, 0) is 76.5 Å². The van der Waals surface area contributed by atoms with E-state index in [2.05, 4.69) is 15.4 Å². The maximum Gasteiger partial charge on any atom is 0.410 e. The molecule has 3 heterocycles. The summed E-state index contributed by atoms with van der Waals surface area (Å²) in [6.07, 6.45) is 6.41. The lowest BCUT2D eigenvalue weighted by molar-refractivity contribution is -0.143. The van der Waals surface area contributed by atoms with Crippen LogP contribution in [-0.2, 0) is 51.8 Å². The molecular formula is C36H48ClN5O9S. The van der Waals surface area contributed by atoms with Crippen molar-refractivity contribution >= 4 is 51.3 Å². The Labute approximate surface area is 309 Å². The van der Waals surface area contributed by atoms with Gasteiger partial charge in [0.25, 0.3) is 5.91 Å². The van der Waals surface area contributed by atoms with E-state index < -0.39 is 80.2 Å². The predicted molar refractivity (Wildman–Crippen MR) is 190 cm³/mol. The Kier molecular flexibility index (Phi) is 11.0. The summed E-state index contributed by atoms with van der Waals surface area (Å²) in [5.41, 5.74) is -0.400. The molecule has 5 atom stereocenters. The van der Waals surface area contributed by atoms with Crippen molar-refractivity contribution in [3.05, 3.63) is 46.5 Å². The van der Waals surface area contributed by atoms with Crippen LogP contribution in [0.15, 0.2) is 30.4 Å². The van der Waals surface area contributed by atoms with Gasteiger partial charge in [-0.25, -0.2) is 13.2 Å². The molecule has 14 nitrogen and oxygen atoms in total. The number of benzene rings is 1. The fourth-order valence-corrected chi connectivity index (χ4v) is 8.71. The smallest absolute Gasteiger partial charge is 0.410 e. The third-order valence-electron chi connectivity index (χ3n) is 10.3. The number of nitrogens with one attached hydrogen (secondary N) is 3. The van der Waals surface area contributed by atoms with Gasteiger partial charge < -0.3 is 25.0 Å². The molecule has 52 heavy (non-hydrogen) atoms. The number of allylic oxidation sites excluding steroid dienone is 1. The summed E-state index contributed by atoms with van der Waals surface area (Å²) in [6.45, 7) is 5.57. The van der Waals surface area contributed by atoms with Gasteiger partial charge >= 0.3 is 6.09 Å². The number of carbonyl (C=O) groups is 5. The minimum atomic E-state index is -3.90. The minimum Gasteiger partial charge on any atom is -0.444 e. The molecule has 0 radical (unpaired) electrons. The average molecular weight is 762 g/mol. The van der Waals surface area contributed by atoms with Crippen molar-refractivity contribution in [2.45, 2.75) is 126 Å². The average Bonchev–Trinajstić information content (AvgIpc) is 3.96. The summed E-state index contributed by atoms with van der Waals surface area (Å²) in [5, 5.41) is 5.52. The van der Waals surface area contributed by atoms with Crippen molar-refractivity contribution in [2.75, 3.05) is 13.2 Å². The first-order valence-electron chi connectivity index (χ1n) is 18.1. The van der Waals surface area contributed by atoms with Crippen molar-refractivity contribution in [1.29, 1.82) is 0 Å². The molecule has 3 N–H and O–H groups in total. The van der Waals surface area contributed by atoms with Gasteiger partial charge in [0.1, 0.15) is 30.3 Å². The second kappa shape index (κ2) is 15.0.